The Hall–Kier alpha value is -2.57. The number of carbonyl (C=O) groups is 3. The molecule has 1 unspecified atom stereocenters. The van der Waals surface area contributed by atoms with Crippen molar-refractivity contribution >= 4 is 17.9 Å². The highest BCUT2D eigenvalue weighted by molar-refractivity contribution is 5.88. The number of amides is 3. The second-order valence-corrected chi connectivity index (χ2v) is 6.45. The van der Waals surface area contributed by atoms with Gasteiger partial charge in [-0.15, -0.1) is 0 Å². The smallest absolute Gasteiger partial charge is 0.329 e. The number of benzene rings is 1. The molecule has 1 aliphatic heterocycles. The third-order valence-electron chi connectivity index (χ3n) is 4.12. The molecule has 3 amide bonds. The van der Waals surface area contributed by atoms with E-state index in [0.717, 1.165) is 5.56 Å². The monoisotopic (exact) mass is 347 g/mol. The maximum atomic E-state index is 12.6. The van der Waals surface area contributed by atoms with Gasteiger partial charge < -0.3 is 19.9 Å². The number of likely N-dealkylation sites (N-methyl/N-ethyl adjacent to an activating group) is 1. The first kappa shape index (κ1) is 18.8. The number of carbonyl (C=O) groups excluding carboxylic acids is 3. The number of nitrogens with one attached hydrogen (secondary N) is 1. The van der Waals surface area contributed by atoms with Crippen LogP contribution in [-0.4, -0.2) is 60.4 Å². The van der Waals surface area contributed by atoms with Crippen molar-refractivity contribution in [2.24, 2.45) is 5.92 Å². The highest BCUT2D eigenvalue weighted by atomic mass is 16.5. The third kappa shape index (κ3) is 4.95. The lowest BCUT2D eigenvalue weighted by Crippen LogP contribution is -2.57. The van der Waals surface area contributed by atoms with E-state index in [0.29, 0.717) is 13.1 Å². The molecule has 136 valence electrons. The maximum absolute atomic E-state index is 12.6. The van der Waals surface area contributed by atoms with Crippen molar-refractivity contribution in [3.63, 3.8) is 0 Å². The Bertz CT molecular complexity index is 618. The number of urea groups is 1. The van der Waals surface area contributed by atoms with E-state index in [1.54, 1.807) is 7.05 Å². The molecule has 1 atom stereocenters. The van der Waals surface area contributed by atoms with Crippen LogP contribution in [0.3, 0.4) is 0 Å². The average Bonchev–Trinajstić information content (AvgIpc) is 2.60. The Kier molecular flexibility index (Phi) is 6.38. The van der Waals surface area contributed by atoms with Crippen LogP contribution in [0.4, 0.5) is 4.79 Å². The molecule has 2 rings (SSSR count). The maximum Gasteiger partial charge on any atom is 0.329 e. The Labute approximate surface area is 147 Å². The Morgan fingerprint density at radius 3 is 2.56 bits per heavy atom. The van der Waals surface area contributed by atoms with Crippen LogP contribution in [0.25, 0.3) is 0 Å². The summed E-state index contributed by atoms with van der Waals surface area (Å²) in [6.07, 6.45) is 0. The van der Waals surface area contributed by atoms with E-state index >= 15 is 0 Å². The Morgan fingerprint density at radius 2 is 1.96 bits per heavy atom. The summed E-state index contributed by atoms with van der Waals surface area (Å²) < 4.78 is 5.40. The van der Waals surface area contributed by atoms with E-state index in [4.69, 9.17) is 4.74 Å². The van der Waals surface area contributed by atoms with E-state index in [1.165, 1.54) is 9.80 Å². The molecule has 0 aromatic heterocycles. The zero-order valence-electron chi connectivity index (χ0n) is 14.9. The first-order valence-corrected chi connectivity index (χ1v) is 8.39. The van der Waals surface area contributed by atoms with Gasteiger partial charge in [-0.25, -0.2) is 9.59 Å². The van der Waals surface area contributed by atoms with Crippen molar-refractivity contribution in [3.05, 3.63) is 35.9 Å². The molecule has 7 heteroatoms. The van der Waals surface area contributed by atoms with Crippen LogP contribution in [0.15, 0.2) is 30.3 Å². The molecule has 1 aliphatic rings. The molecule has 0 radical (unpaired) electrons. The van der Waals surface area contributed by atoms with Gasteiger partial charge in [-0.1, -0.05) is 44.2 Å². The SMILES string of the molecule is CC(C)C(C(=O)OCc1ccccc1)N(C)C(=O)N1CCNC(=O)C1. The lowest BCUT2D eigenvalue weighted by molar-refractivity contribution is -0.151. The molecule has 0 saturated carbocycles. The topological polar surface area (TPSA) is 79.0 Å². The molecule has 25 heavy (non-hydrogen) atoms. The molecule has 1 aromatic rings. The molecule has 1 fully saturated rings. The highest BCUT2D eigenvalue weighted by Crippen LogP contribution is 2.15. The largest absolute Gasteiger partial charge is 0.459 e. The summed E-state index contributed by atoms with van der Waals surface area (Å²) in [5, 5.41) is 2.68. The fourth-order valence-corrected chi connectivity index (χ4v) is 2.84. The second-order valence-electron chi connectivity index (χ2n) is 6.45. The van der Waals surface area contributed by atoms with Crippen molar-refractivity contribution in [3.8, 4) is 0 Å². The minimum absolute atomic E-state index is 0.00700. The minimum Gasteiger partial charge on any atom is -0.459 e. The lowest BCUT2D eigenvalue weighted by Gasteiger charge is -2.35. The van der Waals surface area contributed by atoms with Gasteiger partial charge in [0.25, 0.3) is 0 Å². The fraction of sp³-hybridized carbons (Fsp3) is 0.500. The van der Waals surface area contributed by atoms with Crippen LogP contribution < -0.4 is 5.32 Å². The van der Waals surface area contributed by atoms with Gasteiger partial charge in [0.15, 0.2) is 0 Å². The molecule has 0 aliphatic carbocycles. The predicted molar refractivity (Wildman–Crippen MR) is 92.6 cm³/mol. The van der Waals surface area contributed by atoms with Crippen molar-refractivity contribution in [2.45, 2.75) is 26.5 Å². The molecule has 1 heterocycles. The number of esters is 1. The van der Waals surface area contributed by atoms with Gasteiger partial charge in [0.2, 0.25) is 5.91 Å². The first-order valence-electron chi connectivity index (χ1n) is 8.39. The van der Waals surface area contributed by atoms with Crippen molar-refractivity contribution in [2.75, 3.05) is 26.7 Å². The second kappa shape index (κ2) is 8.50. The van der Waals surface area contributed by atoms with E-state index in [-0.39, 0.29) is 31.0 Å². The molecule has 0 spiro atoms. The van der Waals surface area contributed by atoms with Crippen LogP contribution >= 0.6 is 0 Å². The zero-order chi connectivity index (χ0) is 18.4. The van der Waals surface area contributed by atoms with Crippen LogP contribution in [0.1, 0.15) is 19.4 Å². The average molecular weight is 347 g/mol. The molecule has 1 saturated heterocycles. The minimum atomic E-state index is -0.707. The number of piperazine rings is 1. The Morgan fingerprint density at radius 1 is 1.28 bits per heavy atom. The molecule has 7 nitrogen and oxygen atoms in total. The van der Waals surface area contributed by atoms with Crippen LogP contribution in [-0.2, 0) is 20.9 Å². The quantitative estimate of drug-likeness (QED) is 0.813. The summed E-state index contributed by atoms with van der Waals surface area (Å²) in [5.41, 5.74) is 0.889. The van der Waals surface area contributed by atoms with E-state index in [1.807, 2.05) is 44.2 Å². The van der Waals surface area contributed by atoms with E-state index in [2.05, 4.69) is 5.32 Å². The molecule has 1 N–H and O–H groups in total. The summed E-state index contributed by atoms with van der Waals surface area (Å²) in [5.74, 6) is -0.757. The summed E-state index contributed by atoms with van der Waals surface area (Å²) in [7, 11) is 1.57. The number of ether oxygens (including phenoxy) is 1. The number of hydrogen-bond donors (Lipinski definition) is 1. The Balaban J connectivity index is 2.01. The van der Waals surface area contributed by atoms with Crippen molar-refractivity contribution < 1.29 is 19.1 Å². The molecule has 0 bridgehead atoms. The summed E-state index contributed by atoms with van der Waals surface area (Å²) in [6, 6.07) is 8.34. The van der Waals surface area contributed by atoms with Crippen LogP contribution in [0, 0.1) is 5.92 Å². The van der Waals surface area contributed by atoms with Crippen molar-refractivity contribution in [1.82, 2.24) is 15.1 Å². The highest BCUT2D eigenvalue weighted by Gasteiger charge is 2.34. The van der Waals surface area contributed by atoms with E-state index < -0.39 is 12.0 Å². The molecular formula is C18H25N3O4. The lowest BCUT2D eigenvalue weighted by atomic mass is 10.0. The first-order chi connectivity index (χ1) is 11.9. The summed E-state index contributed by atoms with van der Waals surface area (Å²) >= 11 is 0. The number of hydrogen-bond acceptors (Lipinski definition) is 4. The van der Waals surface area contributed by atoms with Gasteiger partial charge in [-0.3, -0.25) is 4.79 Å². The third-order valence-corrected chi connectivity index (χ3v) is 4.12. The number of rotatable bonds is 5. The fourth-order valence-electron chi connectivity index (χ4n) is 2.84. The summed E-state index contributed by atoms with van der Waals surface area (Å²) in [4.78, 5) is 39.5. The van der Waals surface area contributed by atoms with Crippen molar-refractivity contribution in [1.29, 1.82) is 0 Å². The van der Waals surface area contributed by atoms with Gasteiger partial charge >= 0.3 is 12.0 Å². The predicted octanol–water partition coefficient (Wildman–Crippen LogP) is 1.24. The molecular weight excluding hydrogens is 322 g/mol. The van der Waals surface area contributed by atoms with Gasteiger partial charge in [0.1, 0.15) is 19.2 Å². The zero-order valence-corrected chi connectivity index (χ0v) is 14.9. The van der Waals surface area contributed by atoms with Gasteiger partial charge in [-0.05, 0) is 11.5 Å². The van der Waals surface area contributed by atoms with Gasteiger partial charge in [0, 0.05) is 20.1 Å². The normalized spacial score (nSPS) is 15.5. The summed E-state index contributed by atoms with van der Waals surface area (Å²) in [6.45, 7) is 4.74. The van der Waals surface area contributed by atoms with E-state index in [9.17, 15) is 14.4 Å². The standard InChI is InChI=1S/C18H25N3O4/c1-13(2)16(17(23)25-12-14-7-5-4-6-8-14)20(3)18(24)21-10-9-19-15(22)11-21/h4-8,13,16H,9-12H2,1-3H3,(H,19,22). The van der Waals surface area contributed by atoms with Gasteiger partial charge in [-0.2, -0.15) is 0 Å². The van der Waals surface area contributed by atoms with Gasteiger partial charge in [0.05, 0.1) is 0 Å². The number of nitrogens with zero attached hydrogens (tertiary/aromatic N) is 2. The van der Waals surface area contributed by atoms with Crippen LogP contribution in [0.5, 0.6) is 0 Å². The van der Waals surface area contributed by atoms with Crippen LogP contribution in [0.2, 0.25) is 0 Å². The molecule has 1 aromatic carbocycles.